The van der Waals surface area contributed by atoms with E-state index in [9.17, 15) is 14.9 Å². The van der Waals surface area contributed by atoms with E-state index in [1.165, 1.54) is 12.1 Å². The van der Waals surface area contributed by atoms with E-state index in [0.717, 1.165) is 5.56 Å². The SMILES string of the molecule is CNc1ccc(C(=O)N[C@H](c2ccc3c(c2)OCCO3)C(C)C)cc1[N+](=O)[O-]. The molecule has 0 spiro atoms. The Hall–Kier alpha value is -3.29. The molecule has 0 aliphatic carbocycles. The molecule has 0 saturated heterocycles. The number of benzene rings is 2. The van der Waals surface area contributed by atoms with Crippen LogP contribution in [0, 0.1) is 16.0 Å². The van der Waals surface area contributed by atoms with Crippen molar-refractivity contribution >= 4 is 17.3 Å². The first-order chi connectivity index (χ1) is 13.4. The largest absolute Gasteiger partial charge is 0.486 e. The van der Waals surface area contributed by atoms with Crippen molar-refractivity contribution in [2.24, 2.45) is 5.92 Å². The number of nitro groups is 1. The van der Waals surface area contributed by atoms with Crippen molar-refractivity contribution in [2.45, 2.75) is 19.9 Å². The van der Waals surface area contributed by atoms with Crippen LogP contribution in [0.4, 0.5) is 11.4 Å². The molecule has 1 aliphatic heterocycles. The zero-order chi connectivity index (χ0) is 20.3. The summed E-state index contributed by atoms with van der Waals surface area (Å²) in [5.41, 5.74) is 1.33. The molecule has 0 aromatic heterocycles. The van der Waals surface area contributed by atoms with Crippen LogP contribution in [-0.2, 0) is 0 Å². The predicted octanol–water partition coefficient (Wildman–Crippen LogP) is 3.53. The van der Waals surface area contributed by atoms with E-state index < -0.39 is 4.92 Å². The summed E-state index contributed by atoms with van der Waals surface area (Å²) in [5, 5.41) is 17.0. The highest BCUT2D eigenvalue weighted by molar-refractivity contribution is 5.96. The molecule has 1 aliphatic rings. The van der Waals surface area contributed by atoms with Gasteiger partial charge in [-0.3, -0.25) is 14.9 Å². The van der Waals surface area contributed by atoms with Gasteiger partial charge in [0.2, 0.25) is 0 Å². The number of hydrogen-bond donors (Lipinski definition) is 2. The summed E-state index contributed by atoms with van der Waals surface area (Å²) >= 11 is 0. The molecular weight excluding hydrogens is 362 g/mol. The molecule has 1 amide bonds. The third-order valence-electron chi connectivity index (χ3n) is 4.60. The smallest absolute Gasteiger partial charge is 0.293 e. The first-order valence-electron chi connectivity index (χ1n) is 9.07. The van der Waals surface area contributed by atoms with Crippen LogP contribution in [0.5, 0.6) is 11.5 Å². The predicted molar refractivity (Wildman–Crippen MR) is 105 cm³/mol. The second-order valence-corrected chi connectivity index (χ2v) is 6.84. The zero-order valence-corrected chi connectivity index (χ0v) is 16.0. The van der Waals surface area contributed by atoms with Crippen LogP contribution >= 0.6 is 0 Å². The molecule has 2 N–H and O–H groups in total. The Morgan fingerprint density at radius 2 is 1.82 bits per heavy atom. The number of nitro benzene ring substituents is 1. The van der Waals surface area contributed by atoms with E-state index in [0.29, 0.717) is 30.4 Å². The standard InChI is InChI=1S/C20H23N3O5/c1-12(2)19(13-5-7-17-18(11-13)28-9-8-27-17)22-20(24)14-4-6-15(21-3)16(10-14)23(25)26/h4-7,10-12,19,21H,8-9H2,1-3H3,(H,22,24)/t19-/m0/s1. The fraction of sp³-hybridized carbons (Fsp3) is 0.350. The van der Waals surface area contributed by atoms with Gasteiger partial charge in [-0.2, -0.15) is 0 Å². The fourth-order valence-electron chi connectivity index (χ4n) is 3.15. The second kappa shape index (κ2) is 8.16. The van der Waals surface area contributed by atoms with E-state index in [2.05, 4.69) is 10.6 Å². The lowest BCUT2D eigenvalue weighted by molar-refractivity contribution is -0.384. The van der Waals surface area contributed by atoms with Gasteiger partial charge in [0, 0.05) is 18.7 Å². The maximum Gasteiger partial charge on any atom is 0.293 e. The molecule has 2 aromatic rings. The minimum absolute atomic E-state index is 0.0954. The van der Waals surface area contributed by atoms with Crippen LogP contribution in [0.1, 0.15) is 35.8 Å². The van der Waals surface area contributed by atoms with E-state index in [-0.39, 0.29) is 29.1 Å². The number of carbonyl (C=O) groups is 1. The van der Waals surface area contributed by atoms with Crippen LogP contribution in [0.15, 0.2) is 36.4 Å². The second-order valence-electron chi connectivity index (χ2n) is 6.84. The molecule has 1 heterocycles. The highest BCUT2D eigenvalue weighted by Crippen LogP contribution is 2.34. The lowest BCUT2D eigenvalue weighted by atomic mass is 9.95. The Kier molecular flexibility index (Phi) is 5.67. The van der Waals surface area contributed by atoms with Gasteiger partial charge >= 0.3 is 0 Å². The number of carbonyl (C=O) groups excluding carboxylic acids is 1. The van der Waals surface area contributed by atoms with Gasteiger partial charge in [-0.1, -0.05) is 19.9 Å². The van der Waals surface area contributed by atoms with E-state index in [4.69, 9.17) is 9.47 Å². The average molecular weight is 385 g/mol. The number of fused-ring (bicyclic) bond motifs is 1. The Labute approximate surface area is 163 Å². The number of ether oxygens (including phenoxy) is 2. The fourth-order valence-corrected chi connectivity index (χ4v) is 3.15. The normalized spacial score (nSPS) is 13.7. The topological polar surface area (TPSA) is 103 Å². The Bertz CT molecular complexity index is 897. The van der Waals surface area contributed by atoms with Crippen LogP contribution in [0.2, 0.25) is 0 Å². The van der Waals surface area contributed by atoms with Crippen molar-refractivity contribution in [3.8, 4) is 11.5 Å². The molecule has 0 saturated carbocycles. The summed E-state index contributed by atoms with van der Waals surface area (Å²) in [7, 11) is 1.60. The summed E-state index contributed by atoms with van der Waals surface area (Å²) in [6, 6.07) is 9.68. The number of nitrogens with zero attached hydrogens (tertiary/aromatic N) is 1. The van der Waals surface area contributed by atoms with Crippen LogP contribution in [0.3, 0.4) is 0 Å². The third kappa shape index (κ3) is 4.00. The molecule has 28 heavy (non-hydrogen) atoms. The number of rotatable bonds is 6. The summed E-state index contributed by atoms with van der Waals surface area (Å²) in [5.74, 6) is 1.05. The van der Waals surface area contributed by atoms with Crippen molar-refractivity contribution in [3.63, 3.8) is 0 Å². The van der Waals surface area contributed by atoms with Crippen molar-refractivity contribution in [1.29, 1.82) is 0 Å². The molecule has 2 aromatic carbocycles. The van der Waals surface area contributed by atoms with Crippen molar-refractivity contribution < 1.29 is 19.2 Å². The molecule has 148 valence electrons. The summed E-state index contributed by atoms with van der Waals surface area (Å²) in [6.45, 7) is 4.98. The highest BCUT2D eigenvalue weighted by atomic mass is 16.6. The van der Waals surface area contributed by atoms with Gasteiger partial charge in [0.15, 0.2) is 11.5 Å². The van der Waals surface area contributed by atoms with Gasteiger partial charge in [-0.25, -0.2) is 0 Å². The zero-order valence-electron chi connectivity index (χ0n) is 16.0. The lowest BCUT2D eigenvalue weighted by Crippen LogP contribution is -2.32. The molecule has 8 heteroatoms. The monoisotopic (exact) mass is 385 g/mol. The molecule has 8 nitrogen and oxygen atoms in total. The Morgan fingerprint density at radius 1 is 1.11 bits per heavy atom. The maximum absolute atomic E-state index is 12.8. The third-order valence-corrected chi connectivity index (χ3v) is 4.60. The van der Waals surface area contributed by atoms with Gasteiger partial charge in [0.25, 0.3) is 11.6 Å². The number of anilines is 1. The van der Waals surface area contributed by atoms with Crippen LogP contribution in [0.25, 0.3) is 0 Å². The Morgan fingerprint density at radius 3 is 2.46 bits per heavy atom. The van der Waals surface area contributed by atoms with Gasteiger partial charge < -0.3 is 20.1 Å². The number of nitrogens with one attached hydrogen (secondary N) is 2. The summed E-state index contributed by atoms with van der Waals surface area (Å²) < 4.78 is 11.2. The quantitative estimate of drug-likeness (QED) is 0.582. The van der Waals surface area contributed by atoms with E-state index in [1.807, 2.05) is 32.0 Å². The first-order valence-corrected chi connectivity index (χ1v) is 9.07. The van der Waals surface area contributed by atoms with Gasteiger partial charge in [0.1, 0.15) is 18.9 Å². The first kappa shape index (κ1) is 19.5. The van der Waals surface area contributed by atoms with Crippen LogP contribution < -0.4 is 20.1 Å². The lowest BCUT2D eigenvalue weighted by Gasteiger charge is -2.25. The molecule has 0 bridgehead atoms. The van der Waals surface area contributed by atoms with E-state index in [1.54, 1.807) is 13.1 Å². The van der Waals surface area contributed by atoms with Crippen molar-refractivity contribution in [3.05, 3.63) is 57.6 Å². The maximum atomic E-state index is 12.8. The molecule has 3 rings (SSSR count). The van der Waals surface area contributed by atoms with Crippen LogP contribution in [-0.4, -0.2) is 31.1 Å². The minimum atomic E-state index is -0.511. The molecular formula is C20H23N3O5. The molecule has 0 radical (unpaired) electrons. The molecule has 1 atom stereocenters. The summed E-state index contributed by atoms with van der Waals surface area (Å²) in [4.78, 5) is 23.5. The summed E-state index contributed by atoms with van der Waals surface area (Å²) in [6.07, 6.45) is 0. The van der Waals surface area contributed by atoms with Crippen molar-refractivity contribution in [1.82, 2.24) is 5.32 Å². The van der Waals surface area contributed by atoms with Crippen molar-refractivity contribution in [2.75, 3.05) is 25.6 Å². The highest BCUT2D eigenvalue weighted by Gasteiger charge is 2.23. The van der Waals surface area contributed by atoms with Gasteiger partial charge in [-0.05, 0) is 35.7 Å². The average Bonchev–Trinajstić information content (AvgIpc) is 2.70. The molecule has 0 unspecified atom stereocenters. The van der Waals surface area contributed by atoms with Gasteiger partial charge in [-0.15, -0.1) is 0 Å². The minimum Gasteiger partial charge on any atom is -0.486 e. The number of hydrogen-bond acceptors (Lipinski definition) is 6. The number of amides is 1. The van der Waals surface area contributed by atoms with E-state index >= 15 is 0 Å². The molecule has 0 fully saturated rings. The van der Waals surface area contributed by atoms with Gasteiger partial charge in [0.05, 0.1) is 11.0 Å². The Balaban J connectivity index is 1.86.